The van der Waals surface area contributed by atoms with Gasteiger partial charge in [-0.05, 0) is 24.8 Å². The van der Waals surface area contributed by atoms with Crippen LogP contribution in [0.15, 0.2) is 5.38 Å². The number of anilines is 1. The Morgan fingerprint density at radius 1 is 1.50 bits per heavy atom. The molecule has 0 spiro atoms. The summed E-state index contributed by atoms with van der Waals surface area (Å²) < 4.78 is 4.95. The van der Waals surface area contributed by atoms with Crippen LogP contribution in [0, 0.1) is 6.92 Å². The Kier molecular flexibility index (Phi) is 5.94. The fourth-order valence-corrected chi connectivity index (χ4v) is 2.32. The number of esters is 1. The second kappa shape index (κ2) is 7.23. The number of hydrogen-bond donors (Lipinski definition) is 2. The molecule has 0 fully saturated rings. The molecule has 0 radical (unpaired) electrons. The Hall–Kier alpha value is -1.27. The quantitative estimate of drug-likeness (QED) is 0.647. The summed E-state index contributed by atoms with van der Waals surface area (Å²) in [5.74, 6) is -0.0920. The number of ether oxygens (including phenoxy) is 1. The highest BCUT2D eigenvalue weighted by atomic mass is 35.5. The molecule has 0 saturated carbocycles. The molecule has 7 heteroatoms. The minimum Gasteiger partial charge on any atom is -0.462 e. The monoisotopic (exact) mass is 290 g/mol. The zero-order valence-electron chi connectivity index (χ0n) is 10.2. The Labute approximate surface area is 114 Å². The van der Waals surface area contributed by atoms with E-state index in [1.165, 1.54) is 11.3 Å². The van der Waals surface area contributed by atoms with E-state index in [9.17, 15) is 9.59 Å². The number of aryl methyl sites for hydroxylation is 1. The Bertz CT molecular complexity index is 434. The predicted molar refractivity (Wildman–Crippen MR) is 72.8 cm³/mol. The molecule has 0 atom stereocenters. The number of carbonyl (C=O) groups is 2. The van der Waals surface area contributed by atoms with Gasteiger partial charge in [0.25, 0.3) is 0 Å². The van der Waals surface area contributed by atoms with E-state index >= 15 is 0 Å². The van der Waals surface area contributed by atoms with Gasteiger partial charge in [0, 0.05) is 12.4 Å². The van der Waals surface area contributed by atoms with Crippen molar-refractivity contribution in [2.45, 2.75) is 13.8 Å². The van der Waals surface area contributed by atoms with Crippen molar-refractivity contribution in [3.63, 3.8) is 0 Å². The third kappa shape index (κ3) is 3.89. The number of halogens is 1. The van der Waals surface area contributed by atoms with Crippen molar-refractivity contribution in [1.82, 2.24) is 5.32 Å². The first kappa shape index (κ1) is 14.8. The highest BCUT2D eigenvalue weighted by molar-refractivity contribution is 7.15. The van der Waals surface area contributed by atoms with E-state index in [0.29, 0.717) is 29.6 Å². The first-order valence-corrected chi connectivity index (χ1v) is 6.87. The number of amides is 2. The predicted octanol–water partition coefficient (Wildman–Crippen LogP) is 2.59. The molecule has 2 N–H and O–H groups in total. The van der Waals surface area contributed by atoms with Gasteiger partial charge >= 0.3 is 12.0 Å². The fraction of sp³-hybridized carbons (Fsp3) is 0.455. The van der Waals surface area contributed by atoms with E-state index in [1.54, 1.807) is 19.2 Å². The maximum atomic E-state index is 11.7. The van der Waals surface area contributed by atoms with Crippen LogP contribution in [0.3, 0.4) is 0 Å². The van der Waals surface area contributed by atoms with Crippen molar-refractivity contribution >= 4 is 39.9 Å². The number of nitrogens with one attached hydrogen (secondary N) is 2. The zero-order chi connectivity index (χ0) is 13.5. The van der Waals surface area contributed by atoms with Crippen LogP contribution in [0.4, 0.5) is 9.80 Å². The van der Waals surface area contributed by atoms with Crippen molar-refractivity contribution < 1.29 is 14.3 Å². The van der Waals surface area contributed by atoms with Crippen LogP contribution < -0.4 is 10.6 Å². The SMILES string of the molecule is CCOC(=O)c1c(C)csc1NC(=O)NCCCl. The number of hydrogen-bond acceptors (Lipinski definition) is 4. The molecule has 1 aromatic rings. The topological polar surface area (TPSA) is 67.4 Å². The molecule has 0 unspecified atom stereocenters. The zero-order valence-corrected chi connectivity index (χ0v) is 11.8. The summed E-state index contributed by atoms with van der Waals surface area (Å²) in [4.78, 5) is 23.2. The van der Waals surface area contributed by atoms with Crippen molar-refractivity contribution in [2.24, 2.45) is 0 Å². The van der Waals surface area contributed by atoms with Gasteiger partial charge in [-0.1, -0.05) is 0 Å². The molecule has 2 amide bonds. The lowest BCUT2D eigenvalue weighted by Crippen LogP contribution is -2.30. The van der Waals surface area contributed by atoms with E-state index in [0.717, 1.165) is 5.56 Å². The van der Waals surface area contributed by atoms with E-state index in [1.807, 2.05) is 0 Å². The lowest BCUT2D eigenvalue weighted by molar-refractivity contribution is 0.0527. The molecule has 0 aliphatic carbocycles. The molecule has 0 aliphatic heterocycles. The summed E-state index contributed by atoms with van der Waals surface area (Å²) in [6.45, 7) is 4.20. The van der Waals surface area contributed by atoms with Gasteiger partial charge in [-0.25, -0.2) is 9.59 Å². The Morgan fingerprint density at radius 2 is 2.22 bits per heavy atom. The molecule has 0 saturated heterocycles. The van der Waals surface area contributed by atoms with E-state index in [2.05, 4.69) is 10.6 Å². The lowest BCUT2D eigenvalue weighted by atomic mass is 10.2. The van der Waals surface area contributed by atoms with Crippen molar-refractivity contribution in [1.29, 1.82) is 0 Å². The Morgan fingerprint density at radius 3 is 2.83 bits per heavy atom. The standard InChI is InChI=1S/C11H15ClN2O3S/c1-3-17-10(15)8-7(2)6-18-9(8)14-11(16)13-5-4-12/h6H,3-5H2,1-2H3,(H2,13,14,16). The number of alkyl halides is 1. The summed E-state index contributed by atoms with van der Waals surface area (Å²) in [5.41, 5.74) is 1.19. The van der Waals surface area contributed by atoms with Crippen LogP contribution in [0.25, 0.3) is 0 Å². The van der Waals surface area contributed by atoms with Gasteiger partial charge in [0.1, 0.15) is 5.00 Å². The molecule has 18 heavy (non-hydrogen) atoms. The molecule has 5 nitrogen and oxygen atoms in total. The summed E-state index contributed by atoms with van der Waals surface area (Å²) in [7, 11) is 0. The smallest absolute Gasteiger partial charge is 0.341 e. The van der Waals surface area contributed by atoms with Gasteiger partial charge < -0.3 is 10.1 Å². The first-order chi connectivity index (χ1) is 8.60. The van der Waals surface area contributed by atoms with Crippen molar-refractivity contribution in [3.8, 4) is 0 Å². The molecule has 0 bridgehead atoms. The molecular weight excluding hydrogens is 276 g/mol. The van der Waals surface area contributed by atoms with Crippen molar-refractivity contribution in [3.05, 3.63) is 16.5 Å². The van der Waals surface area contributed by atoms with Crippen LogP contribution in [0.5, 0.6) is 0 Å². The molecular formula is C11H15ClN2O3S. The molecule has 0 aromatic carbocycles. The fourth-order valence-electron chi connectivity index (χ4n) is 1.30. The van der Waals surface area contributed by atoms with Crippen LogP contribution in [0.2, 0.25) is 0 Å². The molecule has 100 valence electrons. The van der Waals surface area contributed by atoms with Crippen molar-refractivity contribution in [2.75, 3.05) is 24.3 Å². The Balaban J connectivity index is 2.77. The number of rotatable bonds is 5. The highest BCUT2D eigenvalue weighted by Gasteiger charge is 2.19. The minimum atomic E-state index is -0.427. The van der Waals surface area contributed by atoms with Gasteiger partial charge in [0.2, 0.25) is 0 Å². The second-order valence-corrected chi connectivity index (χ2v) is 4.67. The summed E-state index contributed by atoms with van der Waals surface area (Å²) in [6, 6.07) is -0.386. The van der Waals surface area contributed by atoms with E-state index < -0.39 is 5.97 Å². The van der Waals surface area contributed by atoms with Gasteiger partial charge in [0.05, 0.1) is 12.2 Å². The highest BCUT2D eigenvalue weighted by Crippen LogP contribution is 2.28. The summed E-state index contributed by atoms with van der Waals surface area (Å²) >= 11 is 6.75. The molecule has 1 rings (SSSR count). The molecule has 1 heterocycles. The maximum absolute atomic E-state index is 11.7. The first-order valence-electron chi connectivity index (χ1n) is 5.46. The van der Waals surface area contributed by atoms with Crippen LogP contribution >= 0.6 is 22.9 Å². The summed E-state index contributed by atoms with van der Waals surface area (Å²) in [6.07, 6.45) is 0. The minimum absolute atomic E-state index is 0.298. The average Bonchev–Trinajstić information content (AvgIpc) is 2.68. The number of urea groups is 1. The summed E-state index contributed by atoms with van der Waals surface area (Å²) in [5, 5.41) is 7.45. The van der Waals surface area contributed by atoms with Crippen LogP contribution in [0.1, 0.15) is 22.8 Å². The van der Waals surface area contributed by atoms with E-state index in [4.69, 9.17) is 16.3 Å². The second-order valence-electron chi connectivity index (χ2n) is 3.41. The largest absolute Gasteiger partial charge is 0.462 e. The normalized spacial score (nSPS) is 9.94. The van der Waals surface area contributed by atoms with Gasteiger partial charge in [0.15, 0.2) is 0 Å². The van der Waals surface area contributed by atoms with Crippen LogP contribution in [-0.2, 0) is 4.74 Å². The third-order valence-corrected chi connectivity index (χ3v) is 3.26. The molecule has 0 aliphatic rings. The average molecular weight is 291 g/mol. The third-order valence-electron chi connectivity index (χ3n) is 2.06. The maximum Gasteiger partial charge on any atom is 0.341 e. The number of carbonyl (C=O) groups excluding carboxylic acids is 2. The van der Waals surface area contributed by atoms with Gasteiger partial charge in [-0.2, -0.15) is 0 Å². The van der Waals surface area contributed by atoms with Gasteiger partial charge in [-0.3, -0.25) is 5.32 Å². The molecule has 1 aromatic heterocycles. The number of thiophene rings is 1. The van der Waals surface area contributed by atoms with Crippen LogP contribution in [-0.4, -0.2) is 31.0 Å². The van der Waals surface area contributed by atoms with Gasteiger partial charge in [-0.15, -0.1) is 22.9 Å². The van der Waals surface area contributed by atoms with E-state index in [-0.39, 0.29) is 6.03 Å². The lowest BCUT2D eigenvalue weighted by Gasteiger charge is -2.07.